The monoisotopic (exact) mass is 474 g/mol. The molecule has 2 aromatic carbocycles. The van der Waals surface area contributed by atoms with E-state index < -0.39 is 6.16 Å². The van der Waals surface area contributed by atoms with Crippen LogP contribution in [0.25, 0.3) is 0 Å². The van der Waals surface area contributed by atoms with Gasteiger partial charge in [0, 0.05) is 21.3 Å². The fourth-order valence-electron chi connectivity index (χ4n) is 3.82. The number of quaternary nitrogens is 1. The van der Waals surface area contributed by atoms with Crippen LogP contribution < -0.4 is 16.0 Å². The summed E-state index contributed by atoms with van der Waals surface area (Å²) < 4.78 is 10.5. The molecular weight excluding hydrogens is 454 g/mol. The predicted octanol–water partition coefficient (Wildman–Crippen LogP) is 1.27. The first-order valence-electron chi connectivity index (χ1n) is 9.55. The lowest BCUT2D eigenvalue weighted by molar-refractivity contribution is -0.880. The third-order valence-corrected chi connectivity index (χ3v) is 5.89. The van der Waals surface area contributed by atoms with Crippen molar-refractivity contribution in [2.75, 3.05) is 44.3 Å². The normalized spacial score (nSPS) is 18.3. The van der Waals surface area contributed by atoms with Crippen molar-refractivity contribution in [3.05, 3.63) is 57.1 Å². The average Bonchev–Trinajstić information content (AvgIpc) is 3.12. The lowest BCUT2D eigenvalue weighted by Gasteiger charge is -2.24. The van der Waals surface area contributed by atoms with Gasteiger partial charge in [-0.1, -0.05) is 24.3 Å². The van der Waals surface area contributed by atoms with Crippen LogP contribution in [0, 0.1) is 0 Å². The summed E-state index contributed by atoms with van der Waals surface area (Å²) in [6.45, 7) is 2.10. The maximum Gasteiger partial charge on any atom is 0.509 e. The van der Waals surface area contributed by atoms with Gasteiger partial charge >= 0.3 is 6.16 Å². The molecule has 0 radical (unpaired) electrons. The molecule has 4 rings (SSSR count). The number of benzene rings is 2. The molecule has 1 saturated heterocycles. The van der Waals surface area contributed by atoms with Gasteiger partial charge in [0.25, 0.3) is 0 Å². The molecule has 0 bridgehead atoms. The minimum absolute atomic E-state index is 0.230. The Kier molecular flexibility index (Phi) is 5.48. The molecule has 9 heteroatoms. The fraction of sp³-hybridized carbons (Fsp3) is 0.286. The first kappa shape index (κ1) is 20.4. The van der Waals surface area contributed by atoms with Crippen molar-refractivity contribution in [1.29, 1.82) is 0 Å². The second kappa shape index (κ2) is 8.08. The quantitative estimate of drug-likeness (QED) is 0.364. The van der Waals surface area contributed by atoms with Crippen LogP contribution in [-0.2, 0) is 9.47 Å². The highest BCUT2D eigenvalue weighted by molar-refractivity contribution is 9.10. The molecule has 1 fully saturated rings. The zero-order chi connectivity index (χ0) is 21.4. The van der Waals surface area contributed by atoms with Crippen LogP contribution in [-0.4, -0.2) is 57.1 Å². The highest BCUT2D eigenvalue weighted by Crippen LogP contribution is 2.39. The Balaban J connectivity index is 1.54. The number of nitrogens with one attached hydrogen (secondary N) is 2. The molecule has 2 atom stereocenters. The smallest absolute Gasteiger partial charge is 0.430 e. The van der Waals surface area contributed by atoms with Gasteiger partial charge in [-0.15, -0.1) is 0 Å². The summed E-state index contributed by atoms with van der Waals surface area (Å²) in [4.78, 5) is 38.4. The van der Waals surface area contributed by atoms with E-state index in [9.17, 15) is 14.4 Å². The Morgan fingerprint density at radius 3 is 2.47 bits per heavy atom. The number of nitrogens with two attached hydrogens (primary N) is 1. The van der Waals surface area contributed by atoms with Gasteiger partial charge in [0.2, 0.25) is 0 Å². The Hall–Kier alpha value is -2.91. The van der Waals surface area contributed by atoms with Gasteiger partial charge in [-0.2, -0.15) is 0 Å². The van der Waals surface area contributed by atoms with Gasteiger partial charge in [0.1, 0.15) is 13.2 Å². The number of hydrogen-bond acceptors (Lipinski definition) is 7. The Morgan fingerprint density at radius 1 is 1.17 bits per heavy atom. The lowest BCUT2D eigenvalue weighted by atomic mass is 9.82. The molecule has 1 aliphatic heterocycles. The van der Waals surface area contributed by atoms with Crippen molar-refractivity contribution in [3.63, 3.8) is 0 Å². The van der Waals surface area contributed by atoms with E-state index in [0.29, 0.717) is 46.5 Å². The number of carbonyl (C=O) groups is 3. The Bertz CT molecular complexity index is 1060. The summed E-state index contributed by atoms with van der Waals surface area (Å²) in [5, 5.41) is 3.28. The van der Waals surface area contributed by atoms with Crippen LogP contribution in [0.5, 0.6) is 0 Å². The van der Waals surface area contributed by atoms with E-state index in [-0.39, 0.29) is 35.5 Å². The first-order chi connectivity index (χ1) is 14.4. The third kappa shape index (κ3) is 3.66. The predicted molar refractivity (Wildman–Crippen MR) is 113 cm³/mol. The summed E-state index contributed by atoms with van der Waals surface area (Å²) in [6, 6.07) is 8.41. The van der Waals surface area contributed by atoms with Crippen LogP contribution in [0.15, 0.2) is 34.8 Å². The number of carbonyl (C=O) groups excluding carboxylic acids is 3. The van der Waals surface area contributed by atoms with E-state index in [2.05, 4.69) is 21.2 Å². The van der Waals surface area contributed by atoms with E-state index >= 15 is 0 Å². The van der Waals surface area contributed by atoms with E-state index in [1.165, 1.54) is 0 Å². The molecule has 1 aliphatic carbocycles. The highest BCUT2D eigenvalue weighted by Gasteiger charge is 2.34. The highest BCUT2D eigenvalue weighted by atomic mass is 79.9. The second-order valence-electron chi connectivity index (χ2n) is 7.42. The number of likely N-dealkylation sites (N-methyl/N-ethyl adjacent to an activating group) is 1. The van der Waals surface area contributed by atoms with Gasteiger partial charge in [0.05, 0.1) is 37.0 Å². The van der Waals surface area contributed by atoms with E-state index in [4.69, 9.17) is 15.2 Å². The number of nitrogen functional groups attached to an aromatic ring is 1. The van der Waals surface area contributed by atoms with Crippen LogP contribution in [0.4, 0.5) is 16.2 Å². The number of anilines is 2. The van der Waals surface area contributed by atoms with Crippen molar-refractivity contribution in [2.24, 2.45) is 0 Å². The summed E-state index contributed by atoms with van der Waals surface area (Å²) in [5.74, 6) is -0.481. The Morgan fingerprint density at radius 2 is 1.83 bits per heavy atom. The minimum atomic E-state index is -0.633. The Labute approximate surface area is 181 Å². The number of ether oxygens (including phenoxy) is 2. The van der Waals surface area contributed by atoms with Gasteiger partial charge in [-0.3, -0.25) is 9.59 Å². The van der Waals surface area contributed by atoms with E-state index in [1.807, 2.05) is 7.05 Å². The summed E-state index contributed by atoms with van der Waals surface area (Å²) in [5.41, 5.74) is 8.20. The number of ketones is 2. The van der Waals surface area contributed by atoms with Gasteiger partial charge in [-0.25, -0.2) is 4.79 Å². The lowest BCUT2D eigenvalue weighted by Crippen LogP contribution is -3.10. The number of cyclic esters (lactones) is 2. The molecule has 0 amide bonds. The zero-order valence-corrected chi connectivity index (χ0v) is 17.9. The van der Waals surface area contributed by atoms with Crippen molar-refractivity contribution in [2.45, 2.75) is 6.10 Å². The van der Waals surface area contributed by atoms with E-state index in [1.54, 1.807) is 30.3 Å². The van der Waals surface area contributed by atoms with Gasteiger partial charge < -0.3 is 25.4 Å². The van der Waals surface area contributed by atoms with Gasteiger partial charge in [-0.05, 0) is 22.0 Å². The van der Waals surface area contributed by atoms with Crippen LogP contribution in [0.1, 0.15) is 31.8 Å². The summed E-state index contributed by atoms with van der Waals surface area (Å²) in [6.07, 6.45) is -0.893. The molecule has 0 aromatic heterocycles. The molecule has 2 aromatic rings. The summed E-state index contributed by atoms with van der Waals surface area (Å²) in [7, 11) is 1.98. The average molecular weight is 475 g/mol. The van der Waals surface area contributed by atoms with Crippen molar-refractivity contribution in [3.8, 4) is 0 Å². The molecule has 30 heavy (non-hydrogen) atoms. The minimum Gasteiger partial charge on any atom is -0.430 e. The topological polar surface area (TPSA) is 112 Å². The van der Waals surface area contributed by atoms with E-state index in [0.717, 1.165) is 4.90 Å². The standard InChI is InChI=1S/C21H20BrN3O5/c1-25(9-11-10-29-21(28)30-11)7-6-24-18-14(22)8-15(23)16-17(18)20(27)13-5-3-2-4-12(13)19(16)26/h2-5,8,11,24H,6-7,9-10,23H2,1H3/p+1. The zero-order valence-electron chi connectivity index (χ0n) is 16.3. The summed E-state index contributed by atoms with van der Waals surface area (Å²) >= 11 is 3.47. The van der Waals surface area contributed by atoms with Crippen LogP contribution in [0.2, 0.25) is 0 Å². The molecule has 4 N–H and O–H groups in total. The molecular formula is C21H21BrN3O5+. The molecule has 8 nitrogen and oxygen atoms in total. The molecule has 0 saturated carbocycles. The number of halogens is 1. The van der Waals surface area contributed by atoms with Crippen molar-refractivity contribution < 1.29 is 28.8 Å². The fourth-order valence-corrected chi connectivity index (χ4v) is 4.40. The second-order valence-corrected chi connectivity index (χ2v) is 8.27. The van der Waals surface area contributed by atoms with Crippen LogP contribution >= 0.6 is 15.9 Å². The van der Waals surface area contributed by atoms with Crippen molar-refractivity contribution in [1.82, 2.24) is 0 Å². The first-order valence-corrected chi connectivity index (χ1v) is 10.3. The SMILES string of the molecule is C[NH+](CCNc1c(Br)cc(N)c2c1C(=O)c1ccccc1C2=O)CC1COC(=O)O1. The number of fused-ring (bicyclic) bond motifs is 2. The molecule has 2 aliphatic rings. The maximum absolute atomic E-state index is 13.2. The van der Waals surface area contributed by atoms with Crippen molar-refractivity contribution >= 4 is 45.0 Å². The van der Waals surface area contributed by atoms with Crippen LogP contribution in [0.3, 0.4) is 0 Å². The number of rotatable bonds is 6. The molecule has 0 spiro atoms. The van der Waals surface area contributed by atoms with Gasteiger partial charge in [0.15, 0.2) is 17.7 Å². The third-order valence-electron chi connectivity index (χ3n) is 5.26. The largest absolute Gasteiger partial charge is 0.509 e. The number of hydrogen-bond donors (Lipinski definition) is 3. The molecule has 2 unspecified atom stereocenters. The maximum atomic E-state index is 13.2. The molecule has 156 valence electrons. The molecule has 1 heterocycles.